The molecule has 2 rings (SSSR count). The summed E-state index contributed by atoms with van der Waals surface area (Å²) >= 11 is 0. The summed E-state index contributed by atoms with van der Waals surface area (Å²) in [5.74, 6) is -2.24. The molecule has 1 aliphatic rings. The zero-order chi connectivity index (χ0) is 14.2. The first-order chi connectivity index (χ1) is 8.83. The number of halogens is 3. The molecule has 1 aliphatic heterocycles. The second kappa shape index (κ2) is 6.06. The van der Waals surface area contributed by atoms with Gasteiger partial charge in [-0.1, -0.05) is 19.9 Å². The van der Waals surface area contributed by atoms with Gasteiger partial charge in [-0.05, 0) is 24.0 Å². The number of likely N-dealkylation sites (tertiary alicyclic amines) is 1. The molecule has 2 N–H and O–H groups in total. The van der Waals surface area contributed by atoms with Crippen LogP contribution in [-0.2, 0) is 0 Å². The van der Waals surface area contributed by atoms with Crippen molar-refractivity contribution in [1.82, 2.24) is 4.90 Å². The van der Waals surface area contributed by atoms with Gasteiger partial charge in [0.05, 0.1) is 0 Å². The third kappa shape index (κ3) is 3.10. The lowest BCUT2D eigenvalue weighted by Crippen LogP contribution is -2.54. The van der Waals surface area contributed by atoms with Gasteiger partial charge >= 0.3 is 0 Å². The molecule has 1 unspecified atom stereocenters. The van der Waals surface area contributed by atoms with E-state index in [-0.39, 0.29) is 23.9 Å². The molecular formula is C14H19ClF2N2O. The van der Waals surface area contributed by atoms with E-state index in [1.165, 1.54) is 11.0 Å². The SMILES string of the molecule is CC1(C)CN(C(=O)c2c(F)cccc2F)CCC1N.Cl. The third-order valence-electron chi connectivity index (χ3n) is 3.78. The Morgan fingerprint density at radius 1 is 1.35 bits per heavy atom. The zero-order valence-electron chi connectivity index (χ0n) is 11.5. The lowest BCUT2D eigenvalue weighted by molar-refractivity contribution is 0.0524. The van der Waals surface area contributed by atoms with Crippen molar-refractivity contribution in [1.29, 1.82) is 0 Å². The normalized spacial score (nSPS) is 21.2. The summed E-state index contributed by atoms with van der Waals surface area (Å²) in [5.41, 5.74) is 5.25. The number of carbonyl (C=O) groups excluding carboxylic acids is 1. The Hall–Kier alpha value is -1.20. The Labute approximate surface area is 123 Å². The van der Waals surface area contributed by atoms with Crippen LogP contribution in [0.5, 0.6) is 0 Å². The molecule has 6 heteroatoms. The molecule has 0 aromatic heterocycles. The maximum atomic E-state index is 13.6. The summed E-state index contributed by atoms with van der Waals surface area (Å²) in [7, 11) is 0. The summed E-state index contributed by atoms with van der Waals surface area (Å²) in [6.07, 6.45) is 0.634. The molecule has 1 heterocycles. The van der Waals surface area contributed by atoms with Crippen LogP contribution in [0.25, 0.3) is 0 Å². The van der Waals surface area contributed by atoms with Crippen LogP contribution in [0.4, 0.5) is 8.78 Å². The Morgan fingerprint density at radius 2 is 1.90 bits per heavy atom. The van der Waals surface area contributed by atoms with E-state index in [1.54, 1.807) is 0 Å². The van der Waals surface area contributed by atoms with Gasteiger partial charge in [-0.25, -0.2) is 8.78 Å². The molecule has 112 valence electrons. The molecule has 1 fully saturated rings. The summed E-state index contributed by atoms with van der Waals surface area (Å²) in [6, 6.07) is 3.42. The fourth-order valence-electron chi connectivity index (χ4n) is 2.41. The standard InChI is InChI=1S/C14H18F2N2O.ClH/c1-14(2)8-18(7-6-11(14)17)13(19)12-9(15)4-3-5-10(12)16;/h3-5,11H,6-8,17H2,1-2H3;1H. The first kappa shape index (κ1) is 16.9. The van der Waals surface area contributed by atoms with E-state index in [9.17, 15) is 13.6 Å². The second-order valence-electron chi connectivity index (χ2n) is 5.71. The maximum absolute atomic E-state index is 13.6. The highest BCUT2D eigenvalue weighted by atomic mass is 35.5. The van der Waals surface area contributed by atoms with Gasteiger partial charge in [0.1, 0.15) is 17.2 Å². The predicted octanol–water partition coefficient (Wildman–Crippen LogP) is 2.59. The van der Waals surface area contributed by atoms with Crippen LogP contribution in [0, 0.1) is 17.0 Å². The van der Waals surface area contributed by atoms with E-state index in [2.05, 4.69) is 0 Å². The highest BCUT2D eigenvalue weighted by Gasteiger charge is 2.36. The lowest BCUT2D eigenvalue weighted by atomic mass is 9.79. The molecule has 0 spiro atoms. The average Bonchev–Trinajstić information content (AvgIpc) is 2.32. The third-order valence-corrected chi connectivity index (χ3v) is 3.78. The number of piperidine rings is 1. The van der Waals surface area contributed by atoms with Gasteiger partial charge < -0.3 is 10.6 Å². The molecule has 20 heavy (non-hydrogen) atoms. The van der Waals surface area contributed by atoms with Crippen molar-refractivity contribution in [2.75, 3.05) is 13.1 Å². The van der Waals surface area contributed by atoms with Crippen molar-refractivity contribution in [3.05, 3.63) is 35.4 Å². The molecule has 1 aromatic carbocycles. The number of hydrogen-bond acceptors (Lipinski definition) is 2. The minimum Gasteiger partial charge on any atom is -0.338 e. The number of hydrogen-bond donors (Lipinski definition) is 1. The van der Waals surface area contributed by atoms with E-state index < -0.39 is 23.1 Å². The van der Waals surface area contributed by atoms with E-state index in [1.807, 2.05) is 13.8 Å². The van der Waals surface area contributed by atoms with Gasteiger partial charge in [0.25, 0.3) is 5.91 Å². The van der Waals surface area contributed by atoms with Gasteiger partial charge in [0, 0.05) is 19.1 Å². The lowest BCUT2D eigenvalue weighted by Gasteiger charge is -2.42. The number of rotatable bonds is 1. The Balaban J connectivity index is 0.00000200. The Kier molecular flexibility index (Phi) is 5.10. The molecule has 0 bridgehead atoms. The van der Waals surface area contributed by atoms with Crippen LogP contribution in [0.2, 0.25) is 0 Å². The Morgan fingerprint density at radius 3 is 2.40 bits per heavy atom. The summed E-state index contributed by atoms with van der Waals surface area (Å²) in [5, 5.41) is 0. The molecule has 0 aliphatic carbocycles. The van der Waals surface area contributed by atoms with E-state index in [0.29, 0.717) is 19.5 Å². The summed E-state index contributed by atoms with van der Waals surface area (Å²) in [4.78, 5) is 13.7. The molecule has 1 amide bonds. The van der Waals surface area contributed by atoms with E-state index in [4.69, 9.17) is 5.73 Å². The Bertz CT molecular complexity index is 488. The monoisotopic (exact) mass is 304 g/mol. The molecule has 1 saturated heterocycles. The van der Waals surface area contributed by atoms with Crippen LogP contribution >= 0.6 is 12.4 Å². The van der Waals surface area contributed by atoms with Crippen LogP contribution in [-0.4, -0.2) is 29.9 Å². The van der Waals surface area contributed by atoms with Crippen molar-refractivity contribution in [2.24, 2.45) is 11.1 Å². The minimum absolute atomic E-state index is 0. The van der Waals surface area contributed by atoms with E-state index in [0.717, 1.165) is 12.1 Å². The quantitative estimate of drug-likeness (QED) is 0.867. The first-order valence-electron chi connectivity index (χ1n) is 6.32. The maximum Gasteiger partial charge on any atom is 0.259 e. The molecule has 1 atom stereocenters. The van der Waals surface area contributed by atoms with Crippen molar-refractivity contribution >= 4 is 18.3 Å². The summed E-state index contributed by atoms with van der Waals surface area (Å²) < 4.78 is 27.2. The van der Waals surface area contributed by atoms with Crippen LogP contribution in [0.15, 0.2) is 18.2 Å². The highest BCUT2D eigenvalue weighted by molar-refractivity contribution is 5.94. The predicted molar refractivity (Wildman–Crippen MR) is 75.9 cm³/mol. The van der Waals surface area contributed by atoms with Gasteiger partial charge in [0.15, 0.2) is 0 Å². The van der Waals surface area contributed by atoms with Gasteiger partial charge in [-0.2, -0.15) is 0 Å². The van der Waals surface area contributed by atoms with Crippen molar-refractivity contribution in [3.8, 4) is 0 Å². The largest absolute Gasteiger partial charge is 0.338 e. The van der Waals surface area contributed by atoms with Crippen molar-refractivity contribution < 1.29 is 13.6 Å². The van der Waals surface area contributed by atoms with Gasteiger partial charge in [0.2, 0.25) is 0 Å². The topological polar surface area (TPSA) is 46.3 Å². The molecule has 3 nitrogen and oxygen atoms in total. The number of nitrogens with two attached hydrogens (primary N) is 1. The smallest absolute Gasteiger partial charge is 0.259 e. The molecular weight excluding hydrogens is 286 g/mol. The van der Waals surface area contributed by atoms with E-state index >= 15 is 0 Å². The number of carbonyl (C=O) groups is 1. The highest BCUT2D eigenvalue weighted by Crippen LogP contribution is 2.29. The van der Waals surface area contributed by atoms with Crippen LogP contribution < -0.4 is 5.73 Å². The second-order valence-corrected chi connectivity index (χ2v) is 5.71. The van der Waals surface area contributed by atoms with Crippen molar-refractivity contribution in [3.63, 3.8) is 0 Å². The minimum atomic E-state index is -0.822. The number of amides is 1. The van der Waals surface area contributed by atoms with Crippen LogP contribution in [0.3, 0.4) is 0 Å². The van der Waals surface area contributed by atoms with Crippen molar-refractivity contribution in [2.45, 2.75) is 26.3 Å². The van der Waals surface area contributed by atoms with Gasteiger partial charge in [-0.3, -0.25) is 4.79 Å². The zero-order valence-corrected chi connectivity index (χ0v) is 12.3. The molecule has 0 saturated carbocycles. The molecule has 1 aromatic rings. The average molecular weight is 305 g/mol. The van der Waals surface area contributed by atoms with Crippen LogP contribution in [0.1, 0.15) is 30.6 Å². The number of benzene rings is 1. The number of nitrogens with zero attached hydrogens (tertiary/aromatic N) is 1. The van der Waals surface area contributed by atoms with Gasteiger partial charge in [-0.15, -0.1) is 12.4 Å². The fourth-order valence-corrected chi connectivity index (χ4v) is 2.41. The first-order valence-corrected chi connectivity index (χ1v) is 6.32. The molecule has 0 radical (unpaired) electrons. The summed E-state index contributed by atoms with van der Waals surface area (Å²) in [6.45, 7) is 4.74. The fraction of sp³-hybridized carbons (Fsp3) is 0.500.